The molecule has 0 N–H and O–H groups in total. The van der Waals surface area contributed by atoms with Crippen LogP contribution in [-0.4, -0.2) is 17.9 Å². The zero-order valence-electron chi connectivity index (χ0n) is 7.46. The van der Waals surface area contributed by atoms with Crippen molar-refractivity contribution in [1.82, 2.24) is 0 Å². The first-order chi connectivity index (χ1) is 7.13. The lowest BCUT2D eigenvalue weighted by Crippen LogP contribution is -2.06. The maximum Gasteiger partial charge on any atom is 0.180 e. The van der Waals surface area contributed by atoms with Gasteiger partial charge in [-0.05, 0) is 12.1 Å². The van der Waals surface area contributed by atoms with Gasteiger partial charge in [-0.3, -0.25) is 9.59 Å². The summed E-state index contributed by atoms with van der Waals surface area (Å²) >= 11 is 5.26. The van der Waals surface area contributed by atoms with Crippen molar-refractivity contribution in [2.75, 3.05) is 5.88 Å². The monoisotopic (exact) mass is 225 g/mol. The van der Waals surface area contributed by atoms with Crippen LogP contribution in [0.1, 0.15) is 26.3 Å². The molecule has 1 rings (SSSR count). The van der Waals surface area contributed by atoms with Crippen molar-refractivity contribution in [3.05, 3.63) is 34.6 Å². The zero-order chi connectivity index (χ0) is 11.4. The molecule has 0 aliphatic heterocycles. The summed E-state index contributed by atoms with van der Waals surface area (Å²) in [5.74, 6) is -1.84. The Morgan fingerprint density at radius 2 is 2.27 bits per heavy atom. The minimum Gasteiger partial charge on any atom is -0.298 e. The molecule has 0 atom stereocenters. The van der Waals surface area contributed by atoms with Crippen molar-refractivity contribution in [3.8, 4) is 6.07 Å². The van der Waals surface area contributed by atoms with Gasteiger partial charge in [-0.25, -0.2) is 4.39 Å². The lowest BCUT2D eigenvalue weighted by molar-refractivity contribution is 0.101. The van der Waals surface area contributed by atoms with Crippen molar-refractivity contribution < 1.29 is 14.0 Å². The largest absolute Gasteiger partial charge is 0.298 e. The van der Waals surface area contributed by atoms with Gasteiger partial charge in [0.1, 0.15) is 5.82 Å². The highest BCUT2D eigenvalue weighted by atomic mass is 35.5. The van der Waals surface area contributed by atoms with Crippen molar-refractivity contribution in [2.45, 2.75) is 0 Å². The molecule has 5 heteroatoms. The lowest BCUT2D eigenvalue weighted by Gasteiger charge is -2.02. The lowest BCUT2D eigenvalue weighted by atomic mass is 10.0. The molecule has 3 nitrogen and oxygen atoms in total. The SMILES string of the molecule is N#Cc1cc(F)c(C(=O)CCl)cc1C=O. The number of benzene rings is 1. The number of hydrogen-bond acceptors (Lipinski definition) is 3. The van der Waals surface area contributed by atoms with Gasteiger partial charge >= 0.3 is 0 Å². The molecule has 0 aromatic heterocycles. The van der Waals surface area contributed by atoms with Gasteiger partial charge in [0.2, 0.25) is 0 Å². The Bertz CT molecular complexity index is 465. The Hall–Kier alpha value is -1.73. The summed E-state index contributed by atoms with van der Waals surface area (Å²) in [5, 5.41) is 8.57. The van der Waals surface area contributed by atoms with E-state index in [1.807, 2.05) is 0 Å². The molecule has 1 aromatic carbocycles. The number of carbonyl (C=O) groups excluding carboxylic acids is 2. The van der Waals surface area contributed by atoms with Crippen LogP contribution in [0.3, 0.4) is 0 Å². The topological polar surface area (TPSA) is 57.9 Å². The fourth-order valence-corrected chi connectivity index (χ4v) is 1.21. The molecule has 0 fully saturated rings. The summed E-state index contributed by atoms with van der Waals surface area (Å²) < 4.78 is 13.2. The van der Waals surface area contributed by atoms with E-state index in [1.54, 1.807) is 6.07 Å². The summed E-state index contributed by atoms with van der Waals surface area (Å²) in [6, 6.07) is 3.54. The molecule has 0 spiro atoms. The van der Waals surface area contributed by atoms with Crippen molar-refractivity contribution in [3.63, 3.8) is 0 Å². The molecule has 0 saturated carbocycles. The molecule has 0 heterocycles. The van der Waals surface area contributed by atoms with Crippen LogP contribution < -0.4 is 0 Å². The Balaban J connectivity index is 3.40. The molecular formula is C10H5ClFNO2. The fourth-order valence-electron chi connectivity index (χ4n) is 1.07. The predicted octanol–water partition coefficient (Wildman–Crippen LogP) is 1.93. The van der Waals surface area contributed by atoms with Crippen molar-refractivity contribution in [2.24, 2.45) is 0 Å². The van der Waals surface area contributed by atoms with E-state index in [-0.39, 0.29) is 22.6 Å². The summed E-state index contributed by atoms with van der Waals surface area (Å²) in [4.78, 5) is 21.7. The third kappa shape index (κ3) is 2.20. The van der Waals surface area contributed by atoms with Crippen LogP contribution in [0.4, 0.5) is 4.39 Å². The molecule has 76 valence electrons. The van der Waals surface area contributed by atoms with E-state index >= 15 is 0 Å². The second-order valence-electron chi connectivity index (χ2n) is 2.71. The number of alkyl halides is 1. The van der Waals surface area contributed by atoms with Gasteiger partial charge in [0, 0.05) is 5.56 Å². The summed E-state index contributed by atoms with van der Waals surface area (Å²) in [5.41, 5.74) is -0.396. The number of carbonyl (C=O) groups is 2. The van der Waals surface area contributed by atoms with Crippen LogP contribution in [0.15, 0.2) is 12.1 Å². The average molecular weight is 226 g/mol. The number of nitrogens with zero attached hydrogens (tertiary/aromatic N) is 1. The summed E-state index contributed by atoms with van der Waals surface area (Å²) in [7, 11) is 0. The average Bonchev–Trinajstić information content (AvgIpc) is 2.27. The fraction of sp³-hybridized carbons (Fsp3) is 0.100. The summed E-state index contributed by atoms with van der Waals surface area (Å²) in [6.45, 7) is 0. The Labute approximate surface area is 90.1 Å². The third-order valence-corrected chi connectivity index (χ3v) is 2.05. The van der Waals surface area contributed by atoms with E-state index in [9.17, 15) is 14.0 Å². The van der Waals surface area contributed by atoms with E-state index in [1.165, 1.54) is 0 Å². The van der Waals surface area contributed by atoms with Gasteiger partial charge in [-0.2, -0.15) is 5.26 Å². The van der Waals surface area contributed by atoms with Crippen LogP contribution in [-0.2, 0) is 0 Å². The van der Waals surface area contributed by atoms with Gasteiger partial charge in [0.15, 0.2) is 12.1 Å². The highest BCUT2D eigenvalue weighted by Gasteiger charge is 2.14. The molecule has 0 unspecified atom stereocenters. The number of aldehydes is 1. The minimum absolute atomic E-state index is 0.0210. The number of hydrogen-bond donors (Lipinski definition) is 0. The van der Waals surface area contributed by atoms with Crippen molar-refractivity contribution >= 4 is 23.7 Å². The van der Waals surface area contributed by atoms with E-state index in [0.29, 0.717) is 6.29 Å². The van der Waals surface area contributed by atoms with Gasteiger partial charge < -0.3 is 0 Å². The molecule has 1 aromatic rings. The first-order valence-electron chi connectivity index (χ1n) is 3.92. The van der Waals surface area contributed by atoms with Gasteiger partial charge in [0.05, 0.1) is 23.1 Å². The van der Waals surface area contributed by atoms with E-state index in [4.69, 9.17) is 16.9 Å². The van der Waals surface area contributed by atoms with Crippen LogP contribution >= 0.6 is 11.6 Å². The molecular weight excluding hydrogens is 221 g/mol. The van der Waals surface area contributed by atoms with Gasteiger partial charge in [-0.15, -0.1) is 11.6 Å². The molecule has 0 bridgehead atoms. The van der Waals surface area contributed by atoms with Crippen LogP contribution in [0.5, 0.6) is 0 Å². The Morgan fingerprint density at radius 1 is 1.60 bits per heavy atom. The number of ketones is 1. The summed E-state index contributed by atoms with van der Waals surface area (Å²) in [6.07, 6.45) is 0.392. The van der Waals surface area contributed by atoms with E-state index in [2.05, 4.69) is 0 Å². The number of Topliss-reactive ketones (excluding diaryl/α,β-unsaturated/α-hetero) is 1. The van der Waals surface area contributed by atoms with Crippen molar-refractivity contribution in [1.29, 1.82) is 5.26 Å². The van der Waals surface area contributed by atoms with Crippen LogP contribution in [0.25, 0.3) is 0 Å². The third-order valence-electron chi connectivity index (χ3n) is 1.81. The highest BCUT2D eigenvalue weighted by Crippen LogP contribution is 2.15. The first-order valence-corrected chi connectivity index (χ1v) is 4.45. The Morgan fingerprint density at radius 3 is 2.73 bits per heavy atom. The molecule has 0 amide bonds. The maximum absolute atomic E-state index is 13.2. The highest BCUT2D eigenvalue weighted by molar-refractivity contribution is 6.30. The molecule has 0 saturated heterocycles. The molecule has 0 aliphatic carbocycles. The standard InChI is InChI=1S/C10H5ClFNO2/c11-3-10(15)8-1-7(5-14)6(4-13)2-9(8)12/h1-2,5H,3H2. The quantitative estimate of drug-likeness (QED) is 0.449. The molecule has 15 heavy (non-hydrogen) atoms. The zero-order valence-corrected chi connectivity index (χ0v) is 8.21. The predicted molar refractivity (Wildman–Crippen MR) is 51.6 cm³/mol. The second kappa shape index (κ2) is 4.67. The van der Waals surface area contributed by atoms with Gasteiger partial charge in [0.25, 0.3) is 0 Å². The van der Waals surface area contributed by atoms with Crippen LogP contribution in [0, 0.1) is 17.1 Å². The number of rotatable bonds is 3. The second-order valence-corrected chi connectivity index (χ2v) is 2.97. The minimum atomic E-state index is -0.845. The number of nitriles is 1. The normalized spacial score (nSPS) is 9.40. The Kier molecular flexibility index (Phi) is 3.53. The number of halogens is 2. The first kappa shape index (κ1) is 11.3. The van der Waals surface area contributed by atoms with E-state index < -0.39 is 11.6 Å². The maximum atomic E-state index is 13.2. The van der Waals surface area contributed by atoms with Gasteiger partial charge in [-0.1, -0.05) is 0 Å². The molecule has 0 aliphatic rings. The van der Waals surface area contributed by atoms with Crippen LogP contribution in [0.2, 0.25) is 0 Å². The smallest absolute Gasteiger partial charge is 0.180 e. The molecule has 0 radical (unpaired) electrons. The van der Waals surface area contributed by atoms with E-state index in [0.717, 1.165) is 12.1 Å².